The molecule has 0 saturated heterocycles. The number of amides is 1. The highest BCUT2D eigenvalue weighted by Crippen LogP contribution is 2.39. The molecule has 5 rings (SSSR count). The number of anilines is 2. The second-order valence-corrected chi connectivity index (χ2v) is 9.33. The summed E-state index contributed by atoms with van der Waals surface area (Å²) in [6.45, 7) is 0. The number of carbonyl (C=O) groups excluding carboxylic acids is 1. The third-order valence-electron chi connectivity index (χ3n) is 6.53. The predicted molar refractivity (Wildman–Crippen MR) is 145 cm³/mol. The van der Waals surface area contributed by atoms with Crippen molar-refractivity contribution in [2.45, 2.75) is 24.9 Å². The average molecular weight is 534 g/mol. The maximum Gasteiger partial charge on any atom is 0.250 e. The molecular weight excluding hydrogens is 506 g/mol. The zero-order valence-electron chi connectivity index (χ0n) is 21.3. The van der Waals surface area contributed by atoms with Gasteiger partial charge >= 0.3 is 0 Å². The van der Waals surface area contributed by atoms with Crippen LogP contribution in [0.3, 0.4) is 0 Å². The number of benzene rings is 3. The highest BCUT2D eigenvalue weighted by atomic mass is 35.5. The van der Waals surface area contributed by atoms with E-state index in [0.29, 0.717) is 22.5 Å². The van der Waals surface area contributed by atoms with E-state index in [9.17, 15) is 4.79 Å². The summed E-state index contributed by atoms with van der Waals surface area (Å²) in [5.74, 6) is 2.50. The highest BCUT2D eigenvalue weighted by molar-refractivity contribution is 6.30. The molecule has 0 radical (unpaired) electrons. The molecule has 196 valence electrons. The minimum Gasteiger partial charge on any atom is -0.497 e. The number of carbonyl (C=O) groups is 1. The molecule has 1 amide bonds. The van der Waals surface area contributed by atoms with Gasteiger partial charge < -0.3 is 19.5 Å². The van der Waals surface area contributed by atoms with Crippen molar-refractivity contribution in [2.24, 2.45) is 0 Å². The van der Waals surface area contributed by atoms with Crippen molar-refractivity contribution >= 4 is 29.4 Å². The monoisotopic (exact) mass is 533 g/mol. The van der Waals surface area contributed by atoms with Crippen LogP contribution < -0.4 is 24.8 Å². The molecule has 0 fully saturated rings. The lowest BCUT2D eigenvalue weighted by molar-refractivity contribution is -0.115. The van der Waals surface area contributed by atoms with Crippen molar-refractivity contribution in [3.8, 4) is 17.2 Å². The van der Waals surface area contributed by atoms with E-state index in [-0.39, 0.29) is 30.4 Å². The molecule has 10 heteroatoms. The smallest absolute Gasteiger partial charge is 0.250 e. The summed E-state index contributed by atoms with van der Waals surface area (Å²) in [6, 6.07) is 20.9. The molecule has 3 aromatic carbocycles. The summed E-state index contributed by atoms with van der Waals surface area (Å²) in [7, 11) is 4.77. The minimum absolute atomic E-state index is 0.0219. The first-order valence-corrected chi connectivity index (χ1v) is 12.5. The molecule has 2 atom stereocenters. The van der Waals surface area contributed by atoms with Gasteiger partial charge in [-0.15, -0.1) is 5.10 Å². The van der Waals surface area contributed by atoms with Gasteiger partial charge in [0.1, 0.15) is 5.75 Å². The van der Waals surface area contributed by atoms with Crippen molar-refractivity contribution in [3.05, 3.63) is 88.4 Å². The largest absolute Gasteiger partial charge is 0.497 e. The zero-order valence-corrected chi connectivity index (χ0v) is 22.0. The van der Waals surface area contributed by atoms with Crippen LogP contribution in [0, 0.1) is 0 Å². The fourth-order valence-electron chi connectivity index (χ4n) is 4.59. The second kappa shape index (κ2) is 11.0. The maximum atomic E-state index is 12.9. The standard InChI is InChI=1S/C28H28ClN5O4/c1-36-21-11-7-19(8-12-21)23-16-22(18-5-9-20(29)10-6-18)30-28-32-27(33-34(23)28)31-26(35)15-17-4-13-24(37-2)25(14-17)38-3/h4-14,22-23H,15-16H2,1-3H3,(H2,30,31,32,33,35)/t22-,23-/m0/s1. The Balaban J connectivity index is 1.40. The van der Waals surface area contributed by atoms with E-state index >= 15 is 0 Å². The van der Waals surface area contributed by atoms with Crippen LogP contribution in [0.5, 0.6) is 17.2 Å². The summed E-state index contributed by atoms with van der Waals surface area (Å²) in [5.41, 5.74) is 2.92. The van der Waals surface area contributed by atoms with Crippen LogP contribution in [0.2, 0.25) is 5.02 Å². The first-order valence-electron chi connectivity index (χ1n) is 12.1. The number of ether oxygens (including phenoxy) is 3. The zero-order chi connectivity index (χ0) is 26.6. The summed E-state index contributed by atoms with van der Waals surface area (Å²) >= 11 is 6.11. The fourth-order valence-corrected chi connectivity index (χ4v) is 4.72. The first kappa shape index (κ1) is 25.4. The molecule has 0 aliphatic carbocycles. The molecule has 0 bridgehead atoms. The highest BCUT2D eigenvalue weighted by Gasteiger charge is 2.31. The summed E-state index contributed by atoms with van der Waals surface area (Å²) in [5, 5.41) is 11.6. The topological polar surface area (TPSA) is 99.5 Å². The number of fused-ring (bicyclic) bond motifs is 1. The molecule has 4 aromatic rings. The van der Waals surface area contributed by atoms with E-state index in [1.165, 1.54) is 0 Å². The fraction of sp³-hybridized carbons (Fsp3) is 0.250. The van der Waals surface area contributed by atoms with E-state index in [4.69, 9.17) is 25.8 Å². The molecule has 0 saturated carbocycles. The van der Waals surface area contributed by atoms with Gasteiger partial charge in [-0.1, -0.05) is 41.9 Å². The molecule has 1 aliphatic heterocycles. The summed E-state index contributed by atoms with van der Waals surface area (Å²) in [4.78, 5) is 17.5. The van der Waals surface area contributed by atoms with Crippen LogP contribution >= 0.6 is 11.6 Å². The maximum absolute atomic E-state index is 12.9. The van der Waals surface area contributed by atoms with Crippen molar-refractivity contribution in [3.63, 3.8) is 0 Å². The lowest BCUT2D eigenvalue weighted by atomic mass is 9.93. The van der Waals surface area contributed by atoms with Gasteiger partial charge in [-0.05, 0) is 59.5 Å². The third kappa shape index (κ3) is 5.38. The molecule has 0 spiro atoms. The van der Waals surface area contributed by atoms with Gasteiger partial charge in [0, 0.05) is 5.02 Å². The molecular formula is C28H28ClN5O4. The Labute approximate surface area is 225 Å². The van der Waals surface area contributed by atoms with Crippen LogP contribution in [0.1, 0.15) is 35.2 Å². The van der Waals surface area contributed by atoms with E-state index in [1.54, 1.807) is 33.5 Å². The lowest BCUT2D eigenvalue weighted by Gasteiger charge is -2.31. The van der Waals surface area contributed by atoms with Crippen LogP contribution in [-0.2, 0) is 11.2 Å². The Morgan fingerprint density at radius 3 is 2.37 bits per heavy atom. The number of nitrogens with one attached hydrogen (secondary N) is 2. The molecule has 2 heterocycles. The van der Waals surface area contributed by atoms with E-state index in [0.717, 1.165) is 28.9 Å². The first-order chi connectivity index (χ1) is 18.5. The minimum atomic E-state index is -0.240. The number of hydrogen-bond donors (Lipinski definition) is 2. The van der Waals surface area contributed by atoms with Crippen molar-refractivity contribution in [2.75, 3.05) is 32.0 Å². The molecule has 2 N–H and O–H groups in total. The summed E-state index contributed by atoms with van der Waals surface area (Å²) in [6.07, 6.45) is 0.857. The number of aromatic nitrogens is 3. The Morgan fingerprint density at radius 2 is 1.68 bits per heavy atom. The molecule has 38 heavy (non-hydrogen) atoms. The van der Waals surface area contributed by atoms with Gasteiger partial charge in [0.2, 0.25) is 11.9 Å². The Kier molecular flexibility index (Phi) is 7.37. The summed E-state index contributed by atoms with van der Waals surface area (Å²) < 4.78 is 17.8. The SMILES string of the molecule is COc1ccc([C@@H]2C[C@@H](c3ccc(Cl)cc3)Nc3nc(NC(=O)Cc4ccc(OC)c(OC)c4)nn32)cc1. The van der Waals surface area contributed by atoms with Gasteiger partial charge in [-0.3, -0.25) is 10.1 Å². The molecule has 9 nitrogen and oxygen atoms in total. The second-order valence-electron chi connectivity index (χ2n) is 8.89. The van der Waals surface area contributed by atoms with Crippen LogP contribution in [-0.4, -0.2) is 42.0 Å². The third-order valence-corrected chi connectivity index (χ3v) is 6.78. The average Bonchev–Trinajstić information content (AvgIpc) is 3.35. The van der Waals surface area contributed by atoms with Crippen molar-refractivity contribution in [1.29, 1.82) is 0 Å². The quantitative estimate of drug-likeness (QED) is 0.317. The van der Waals surface area contributed by atoms with Crippen LogP contribution in [0.15, 0.2) is 66.7 Å². The molecule has 1 aliphatic rings. The predicted octanol–water partition coefficient (Wildman–Crippen LogP) is 5.28. The number of halogens is 1. The van der Waals surface area contributed by atoms with Gasteiger partial charge in [-0.25, -0.2) is 4.68 Å². The number of nitrogens with zero attached hydrogens (tertiary/aromatic N) is 3. The Hall–Kier alpha value is -4.24. The number of methoxy groups -OCH3 is 3. The lowest BCUT2D eigenvalue weighted by Crippen LogP contribution is -2.28. The van der Waals surface area contributed by atoms with E-state index in [1.807, 2.05) is 59.3 Å². The molecule has 0 unspecified atom stereocenters. The number of hydrogen-bond acceptors (Lipinski definition) is 7. The van der Waals surface area contributed by atoms with Crippen molar-refractivity contribution in [1.82, 2.24) is 14.8 Å². The molecule has 1 aromatic heterocycles. The van der Waals surface area contributed by atoms with Gasteiger partial charge in [0.05, 0.1) is 39.8 Å². The Morgan fingerprint density at radius 1 is 0.974 bits per heavy atom. The van der Waals surface area contributed by atoms with Crippen molar-refractivity contribution < 1.29 is 19.0 Å². The normalized spacial score (nSPS) is 16.2. The van der Waals surface area contributed by atoms with E-state index in [2.05, 4.69) is 20.7 Å². The van der Waals surface area contributed by atoms with Gasteiger partial charge in [-0.2, -0.15) is 4.98 Å². The number of rotatable bonds is 8. The van der Waals surface area contributed by atoms with Crippen LogP contribution in [0.25, 0.3) is 0 Å². The Bertz CT molecular complexity index is 1420. The van der Waals surface area contributed by atoms with Gasteiger partial charge in [0.15, 0.2) is 11.5 Å². The van der Waals surface area contributed by atoms with Crippen LogP contribution in [0.4, 0.5) is 11.9 Å². The van der Waals surface area contributed by atoms with Gasteiger partial charge in [0.25, 0.3) is 5.95 Å². The van der Waals surface area contributed by atoms with E-state index < -0.39 is 0 Å².